The number of halogens is 1. The highest BCUT2D eigenvalue weighted by molar-refractivity contribution is 7.99. The second-order valence-corrected chi connectivity index (χ2v) is 5.24. The molecule has 80 valence electrons. The van der Waals surface area contributed by atoms with Gasteiger partial charge in [0.2, 0.25) is 0 Å². The SMILES string of the molecule is Nc1cc(Cl)ccc1C(=O)C1CCSC1. The van der Waals surface area contributed by atoms with E-state index in [0.29, 0.717) is 16.3 Å². The van der Waals surface area contributed by atoms with Crippen molar-refractivity contribution in [2.75, 3.05) is 17.2 Å². The molecular weight excluding hydrogens is 230 g/mol. The standard InChI is InChI=1S/C11H12ClNOS/c12-8-1-2-9(10(13)5-8)11(14)7-3-4-15-6-7/h1-2,5,7H,3-4,6,13H2. The maximum absolute atomic E-state index is 12.0. The van der Waals surface area contributed by atoms with Crippen molar-refractivity contribution in [3.63, 3.8) is 0 Å². The summed E-state index contributed by atoms with van der Waals surface area (Å²) >= 11 is 7.61. The van der Waals surface area contributed by atoms with Crippen molar-refractivity contribution < 1.29 is 4.79 Å². The monoisotopic (exact) mass is 241 g/mol. The molecule has 1 saturated heterocycles. The van der Waals surface area contributed by atoms with Crippen molar-refractivity contribution in [1.29, 1.82) is 0 Å². The Balaban J connectivity index is 2.24. The van der Waals surface area contributed by atoms with E-state index in [9.17, 15) is 4.79 Å². The summed E-state index contributed by atoms with van der Waals surface area (Å²) < 4.78 is 0. The van der Waals surface area contributed by atoms with Crippen LogP contribution in [0.4, 0.5) is 5.69 Å². The Labute approximate surface area is 98.2 Å². The van der Waals surface area contributed by atoms with Crippen LogP contribution in [0.25, 0.3) is 0 Å². The Kier molecular flexibility index (Phi) is 3.22. The van der Waals surface area contributed by atoms with Gasteiger partial charge in [-0.2, -0.15) is 11.8 Å². The van der Waals surface area contributed by atoms with Crippen LogP contribution in [-0.4, -0.2) is 17.3 Å². The Hall–Kier alpha value is -0.670. The second kappa shape index (κ2) is 4.45. The number of anilines is 1. The summed E-state index contributed by atoms with van der Waals surface area (Å²) in [6.07, 6.45) is 0.964. The van der Waals surface area contributed by atoms with Crippen LogP contribution < -0.4 is 5.73 Å². The van der Waals surface area contributed by atoms with Crippen LogP contribution in [0.1, 0.15) is 16.8 Å². The second-order valence-electron chi connectivity index (χ2n) is 3.66. The van der Waals surface area contributed by atoms with Gasteiger partial charge in [-0.25, -0.2) is 0 Å². The van der Waals surface area contributed by atoms with Gasteiger partial charge in [-0.3, -0.25) is 4.79 Å². The molecule has 0 aliphatic carbocycles. The van der Waals surface area contributed by atoms with Crippen molar-refractivity contribution in [2.24, 2.45) is 5.92 Å². The summed E-state index contributed by atoms with van der Waals surface area (Å²) in [6, 6.07) is 5.08. The molecule has 0 bridgehead atoms. The Morgan fingerprint density at radius 1 is 1.53 bits per heavy atom. The number of hydrogen-bond acceptors (Lipinski definition) is 3. The molecule has 0 saturated carbocycles. The van der Waals surface area contributed by atoms with Crippen LogP contribution in [0.3, 0.4) is 0 Å². The lowest BCUT2D eigenvalue weighted by atomic mass is 9.96. The first-order chi connectivity index (χ1) is 7.18. The number of carbonyl (C=O) groups is 1. The Morgan fingerprint density at radius 2 is 2.33 bits per heavy atom. The van der Waals surface area contributed by atoms with E-state index in [4.69, 9.17) is 17.3 Å². The van der Waals surface area contributed by atoms with Gasteiger partial charge in [0.25, 0.3) is 0 Å². The van der Waals surface area contributed by atoms with Crippen LogP contribution in [0, 0.1) is 5.92 Å². The maximum Gasteiger partial charge on any atom is 0.168 e. The quantitative estimate of drug-likeness (QED) is 0.640. The highest BCUT2D eigenvalue weighted by Crippen LogP contribution is 2.29. The molecule has 1 aliphatic heterocycles. The third kappa shape index (κ3) is 2.29. The van der Waals surface area contributed by atoms with Gasteiger partial charge in [-0.05, 0) is 30.4 Å². The Bertz CT molecular complexity index is 388. The first-order valence-corrected chi connectivity index (χ1v) is 6.39. The zero-order valence-corrected chi connectivity index (χ0v) is 9.77. The van der Waals surface area contributed by atoms with Crippen LogP contribution in [0.5, 0.6) is 0 Å². The number of hydrogen-bond donors (Lipinski definition) is 1. The van der Waals surface area contributed by atoms with Crippen molar-refractivity contribution in [1.82, 2.24) is 0 Å². The van der Waals surface area contributed by atoms with E-state index < -0.39 is 0 Å². The van der Waals surface area contributed by atoms with Crippen LogP contribution in [-0.2, 0) is 0 Å². The third-order valence-electron chi connectivity index (χ3n) is 2.58. The lowest BCUT2D eigenvalue weighted by molar-refractivity contribution is 0.0934. The molecule has 0 radical (unpaired) electrons. The molecule has 1 aromatic carbocycles. The third-order valence-corrected chi connectivity index (χ3v) is 3.98. The molecule has 1 atom stereocenters. The van der Waals surface area contributed by atoms with Crippen LogP contribution >= 0.6 is 23.4 Å². The number of thioether (sulfide) groups is 1. The fourth-order valence-corrected chi connectivity index (χ4v) is 3.12. The molecule has 1 aromatic rings. The summed E-state index contributed by atoms with van der Waals surface area (Å²) in [5.41, 5.74) is 6.89. The summed E-state index contributed by atoms with van der Waals surface area (Å²) in [5.74, 6) is 2.29. The predicted octanol–water partition coefficient (Wildman–Crippen LogP) is 2.86. The van der Waals surface area contributed by atoms with E-state index in [2.05, 4.69) is 0 Å². The molecule has 1 fully saturated rings. The zero-order chi connectivity index (χ0) is 10.8. The lowest BCUT2D eigenvalue weighted by Crippen LogP contribution is -2.15. The van der Waals surface area contributed by atoms with Gasteiger partial charge in [-0.15, -0.1) is 0 Å². The van der Waals surface area contributed by atoms with E-state index in [0.717, 1.165) is 17.9 Å². The lowest BCUT2D eigenvalue weighted by Gasteiger charge is -2.09. The summed E-state index contributed by atoms with van der Waals surface area (Å²) in [5, 5.41) is 0.574. The zero-order valence-electron chi connectivity index (χ0n) is 8.20. The minimum atomic E-state index is 0.137. The van der Waals surface area contributed by atoms with Gasteiger partial charge >= 0.3 is 0 Å². The molecule has 1 aliphatic rings. The number of ketones is 1. The maximum atomic E-state index is 12.0. The van der Waals surface area contributed by atoms with Gasteiger partial charge in [0.1, 0.15) is 0 Å². The fraction of sp³-hybridized carbons (Fsp3) is 0.364. The average molecular weight is 242 g/mol. The van der Waals surface area contributed by atoms with E-state index in [-0.39, 0.29) is 11.7 Å². The highest BCUT2D eigenvalue weighted by Gasteiger charge is 2.25. The van der Waals surface area contributed by atoms with Crippen molar-refractivity contribution in [3.05, 3.63) is 28.8 Å². The van der Waals surface area contributed by atoms with Crippen LogP contribution in [0.15, 0.2) is 18.2 Å². The minimum absolute atomic E-state index is 0.137. The summed E-state index contributed by atoms with van der Waals surface area (Å²) in [7, 11) is 0. The summed E-state index contributed by atoms with van der Waals surface area (Å²) in [6.45, 7) is 0. The van der Waals surface area contributed by atoms with E-state index >= 15 is 0 Å². The topological polar surface area (TPSA) is 43.1 Å². The average Bonchev–Trinajstić information content (AvgIpc) is 2.69. The van der Waals surface area contributed by atoms with Crippen molar-refractivity contribution >= 4 is 34.8 Å². The molecule has 2 rings (SSSR count). The largest absolute Gasteiger partial charge is 0.398 e. The van der Waals surface area contributed by atoms with Gasteiger partial charge < -0.3 is 5.73 Å². The molecule has 15 heavy (non-hydrogen) atoms. The number of rotatable bonds is 2. The van der Waals surface area contributed by atoms with Gasteiger partial charge in [0.05, 0.1) is 0 Å². The van der Waals surface area contributed by atoms with E-state index in [1.54, 1.807) is 18.2 Å². The molecule has 1 heterocycles. The normalized spacial score (nSPS) is 20.5. The molecule has 1 unspecified atom stereocenters. The van der Waals surface area contributed by atoms with Gasteiger partial charge in [0, 0.05) is 27.9 Å². The van der Waals surface area contributed by atoms with Crippen LogP contribution in [0.2, 0.25) is 5.02 Å². The Morgan fingerprint density at radius 3 is 2.93 bits per heavy atom. The minimum Gasteiger partial charge on any atom is -0.398 e. The molecule has 2 N–H and O–H groups in total. The summed E-state index contributed by atoms with van der Waals surface area (Å²) in [4.78, 5) is 12.0. The smallest absolute Gasteiger partial charge is 0.168 e. The first kappa shape index (κ1) is 10.8. The highest BCUT2D eigenvalue weighted by atomic mass is 35.5. The molecular formula is C11H12ClNOS. The molecule has 2 nitrogen and oxygen atoms in total. The molecule has 0 spiro atoms. The number of benzene rings is 1. The van der Waals surface area contributed by atoms with E-state index in [1.165, 1.54) is 0 Å². The van der Waals surface area contributed by atoms with Crippen molar-refractivity contribution in [3.8, 4) is 0 Å². The molecule has 0 amide bonds. The first-order valence-electron chi connectivity index (χ1n) is 4.85. The number of nitrogen functional groups attached to an aromatic ring is 1. The number of nitrogens with two attached hydrogens (primary N) is 1. The van der Waals surface area contributed by atoms with Crippen molar-refractivity contribution in [2.45, 2.75) is 6.42 Å². The number of carbonyl (C=O) groups excluding carboxylic acids is 1. The van der Waals surface area contributed by atoms with Gasteiger partial charge in [-0.1, -0.05) is 11.6 Å². The fourth-order valence-electron chi connectivity index (χ4n) is 1.72. The number of Topliss-reactive ketones (excluding diaryl/α,β-unsaturated/α-hetero) is 1. The molecule has 4 heteroatoms. The van der Waals surface area contributed by atoms with Gasteiger partial charge in [0.15, 0.2) is 5.78 Å². The molecule has 0 aromatic heterocycles. The predicted molar refractivity (Wildman–Crippen MR) is 65.6 cm³/mol. The van der Waals surface area contributed by atoms with E-state index in [1.807, 2.05) is 11.8 Å².